The summed E-state index contributed by atoms with van der Waals surface area (Å²) in [7, 11) is -3.74. The number of sulfonamides is 1. The van der Waals surface area contributed by atoms with Crippen molar-refractivity contribution in [3.63, 3.8) is 0 Å². The molecule has 3 rings (SSSR count). The highest BCUT2D eigenvalue weighted by Gasteiger charge is 2.30. The molecule has 5 N–H and O–H groups in total. The van der Waals surface area contributed by atoms with Crippen molar-refractivity contribution >= 4 is 37.7 Å². The van der Waals surface area contributed by atoms with Crippen LogP contribution in [0.3, 0.4) is 0 Å². The first-order valence-electron chi connectivity index (χ1n) is 10.9. The normalized spacial score (nSPS) is 19.6. The molecule has 0 spiro atoms. The highest BCUT2D eigenvalue weighted by molar-refractivity contribution is 9.10. The number of anilines is 1. The molecule has 1 amide bonds. The summed E-state index contributed by atoms with van der Waals surface area (Å²) in [6.45, 7) is 2.81. The summed E-state index contributed by atoms with van der Waals surface area (Å²) in [5.74, 6) is -0.0413. The SMILES string of the molecule is C[C@@H](NC(=O)[C@H]1CC[C@H](NS(=O)(=O)c2cnc(NCCN)c(Br)c2)CC1)c1ccc(F)cc1. The average molecular weight is 542 g/mol. The van der Waals surface area contributed by atoms with Gasteiger partial charge in [0.1, 0.15) is 16.5 Å². The zero-order chi connectivity index (χ0) is 24.0. The molecule has 1 fully saturated rings. The Labute approximate surface area is 202 Å². The lowest BCUT2D eigenvalue weighted by Crippen LogP contribution is -2.41. The summed E-state index contributed by atoms with van der Waals surface area (Å²) in [6, 6.07) is 7.07. The van der Waals surface area contributed by atoms with Crippen molar-refractivity contribution in [2.75, 3.05) is 18.4 Å². The third kappa shape index (κ3) is 6.95. The molecule has 1 aromatic heterocycles. The molecule has 2 aromatic rings. The zero-order valence-electron chi connectivity index (χ0n) is 18.4. The number of nitrogens with zero attached hydrogens (tertiary/aromatic N) is 1. The number of carbonyl (C=O) groups is 1. The van der Waals surface area contributed by atoms with Crippen molar-refractivity contribution < 1.29 is 17.6 Å². The molecule has 0 bridgehead atoms. The largest absolute Gasteiger partial charge is 0.368 e. The Hall–Kier alpha value is -2.08. The minimum atomic E-state index is -3.74. The van der Waals surface area contributed by atoms with Crippen LogP contribution in [0.1, 0.15) is 44.2 Å². The number of hydrogen-bond donors (Lipinski definition) is 4. The molecular weight excluding hydrogens is 513 g/mol. The van der Waals surface area contributed by atoms with Gasteiger partial charge in [-0.1, -0.05) is 12.1 Å². The van der Waals surface area contributed by atoms with Crippen LogP contribution in [-0.4, -0.2) is 38.4 Å². The lowest BCUT2D eigenvalue weighted by molar-refractivity contribution is -0.126. The van der Waals surface area contributed by atoms with Gasteiger partial charge >= 0.3 is 0 Å². The number of pyridine rings is 1. The number of benzene rings is 1. The number of carbonyl (C=O) groups excluding carboxylic acids is 1. The molecule has 1 saturated carbocycles. The van der Waals surface area contributed by atoms with E-state index >= 15 is 0 Å². The van der Waals surface area contributed by atoms with Gasteiger partial charge in [0.25, 0.3) is 0 Å². The zero-order valence-corrected chi connectivity index (χ0v) is 20.8. The number of halogens is 2. The minimum Gasteiger partial charge on any atom is -0.368 e. The molecule has 0 aliphatic heterocycles. The Morgan fingerprint density at radius 1 is 1.24 bits per heavy atom. The third-order valence-electron chi connectivity index (χ3n) is 5.71. The number of nitrogens with one attached hydrogen (secondary N) is 3. The van der Waals surface area contributed by atoms with Gasteiger partial charge < -0.3 is 16.4 Å². The lowest BCUT2D eigenvalue weighted by Gasteiger charge is -2.29. The molecule has 1 heterocycles. The molecule has 0 saturated heterocycles. The van der Waals surface area contributed by atoms with Crippen molar-refractivity contribution in [3.8, 4) is 0 Å². The van der Waals surface area contributed by atoms with Crippen molar-refractivity contribution in [3.05, 3.63) is 52.4 Å². The van der Waals surface area contributed by atoms with Crippen LogP contribution in [0.4, 0.5) is 10.2 Å². The highest BCUT2D eigenvalue weighted by Crippen LogP contribution is 2.28. The monoisotopic (exact) mass is 541 g/mol. The van der Waals surface area contributed by atoms with Crippen LogP contribution in [0.5, 0.6) is 0 Å². The number of amides is 1. The summed E-state index contributed by atoms with van der Waals surface area (Å²) in [5.41, 5.74) is 6.29. The molecule has 1 aliphatic carbocycles. The van der Waals surface area contributed by atoms with Gasteiger partial charge in [-0.15, -0.1) is 0 Å². The Bertz CT molecular complexity index is 1060. The van der Waals surface area contributed by atoms with E-state index in [-0.39, 0.29) is 34.6 Å². The maximum Gasteiger partial charge on any atom is 0.242 e. The fourth-order valence-corrected chi connectivity index (χ4v) is 5.73. The summed E-state index contributed by atoms with van der Waals surface area (Å²) < 4.78 is 42.0. The topological polar surface area (TPSA) is 126 Å². The van der Waals surface area contributed by atoms with Crippen molar-refractivity contribution in [2.24, 2.45) is 11.7 Å². The van der Waals surface area contributed by atoms with E-state index in [0.29, 0.717) is 49.1 Å². The van der Waals surface area contributed by atoms with Crippen LogP contribution in [0.15, 0.2) is 45.9 Å². The summed E-state index contributed by atoms with van der Waals surface area (Å²) in [5, 5.41) is 5.98. The summed E-state index contributed by atoms with van der Waals surface area (Å²) in [6.07, 6.45) is 3.60. The minimum absolute atomic E-state index is 0.0677. The second-order valence-corrected chi connectivity index (χ2v) is 10.7. The van der Waals surface area contributed by atoms with Gasteiger partial charge in [-0.3, -0.25) is 4.79 Å². The molecule has 180 valence electrons. The van der Waals surface area contributed by atoms with Crippen LogP contribution in [0, 0.1) is 11.7 Å². The smallest absolute Gasteiger partial charge is 0.242 e. The number of nitrogens with two attached hydrogens (primary N) is 1. The fourth-order valence-electron chi connectivity index (χ4n) is 3.81. The van der Waals surface area contributed by atoms with Crippen LogP contribution >= 0.6 is 15.9 Å². The number of hydrogen-bond acceptors (Lipinski definition) is 6. The van der Waals surface area contributed by atoms with E-state index in [1.165, 1.54) is 24.4 Å². The predicted octanol–water partition coefficient (Wildman–Crippen LogP) is 3.07. The number of aromatic nitrogens is 1. The van der Waals surface area contributed by atoms with Crippen LogP contribution in [0.25, 0.3) is 0 Å². The first-order chi connectivity index (χ1) is 15.7. The second kappa shape index (κ2) is 11.4. The molecule has 0 radical (unpaired) electrons. The van der Waals surface area contributed by atoms with Crippen molar-refractivity contribution in [1.82, 2.24) is 15.0 Å². The second-order valence-electron chi connectivity index (χ2n) is 8.17. The van der Waals surface area contributed by atoms with E-state index in [1.807, 2.05) is 6.92 Å². The molecule has 33 heavy (non-hydrogen) atoms. The Balaban J connectivity index is 1.52. The van der Waals surface area contributed by atoms with Crippen molar-refractivity contribution in [2.45, 2.75) is 49.6 Å². The Kier molecular flexibility index (Phi) is 8.80. The van der Waals surface area contributed by atoms with E-state index in [2.05, 4.69) is 36.3 Å². The lowest BCUT2D eigenvalue weighted by atomic mass is 9.85. The van der Waals surface area contributed by atoms with Gasteiger partial charge in [-0.05, 0) is 72.3 Å². The molecule has 1 aromatic carbocycles. The molecular formula is C22H29BrFN5O3S. The first-order valence-corrected chi connectivity index (χ1v) is 13.1. The van der Waals surface area contributed by atoms with Gasteiger partial charge in [-0.2, -0.15) is 0 Å². The van der Waals surface area contributed by atoms with Gasteiger partial charge in [0.15, 0.2) is 0 Å². The summed E-state index contributed by atoms with van der Waals surface area (Å²) >= 11 is 3.34. The maximum absolute atomic E-state index is 13.1. The number of rotatable bonds is 9. The maximum atomic E-state index is 13.1. The first kappa shape index (κ1) is 25.5. The van der Waals surface area contributed by atoms with Gasteiger partial charge in [-0.25, -0.2) is 22.5 Å². The Morgan fingerprint density at radius 3 is 2.52 bits per heavy atom. The van der Waals surface area contributed by atoms with E-state index < -0.39 is 10.0 Å². The molecule has 0 unspecified atom stereocenters. The molecule has 11 heteroatoms. The molecule has 1 aliphatic rings. The van der Waals surface area contributed by atoms with Crippen molar-refractivity contribution in [1.29, 1.82) is 0 Å². The van der Waals surface area contributed by atoms with E-state index in [0.717, 1.165) is 5.56 Å². The summed E-state index contributed by atoms with van der Waals surface area (Å²) in [4.78, 5) is 16.9. The van der Waals surface area contributed by atoms with Crippen LogP contribution in [0.2, 0.25) is 0 Å². The van der Waals surface area contributed by atoms with E-state index in [1.54, 1.807) is 12.1 Å². The molecule has 8 nitrogen and oxygen atoms in total. The highest BCUT2D eigenvalue weighted by atomic mass is 79.9. The quantitative estimate of drug-likeness (QED) is 0.386. The van der Waals surface area contributed by atoms with Gasteiger partial charge in [0.05, 0.1) is 10.5 Å². The van der Waals surface area contributed by atoms with Crippen LogP contribution in [-0.2, 0) is 14.8 Å². The van der Waals surface area contributed by atoms with Crippen LogP contribution < -0.4 is 21.1 Å². The standard InChI is InChI=1S/C22H29BrFN5O3S/c1-14(15-2-6-17(24)7-3-15)28-22(30)16-4-8-18(9-5-16)29-33(31,32)19-12-20(23)21(27-13-19)26-11-10-25/h2-3,6-7,12-14,16,18,29H,4-5,8-11,25H2,1H3,(H,26,27)(H,28,30)/t14-,16-,18-/m1/s1. The van der Waals surface area contributed by atoms with E-state index in [4.69, 9.17) is 5.73 Å². The average Bonchev–Trinajstić information content (AvgIpc) is 2.78. The fraction of sp³-hybridized carbons (Fsp3) is 0.455. The van der Waals surface area contributed by atoms with Gasteiger partial charge in [0, 0.05) is 31.2 Å². The van der Waals surface area contributed by atoms with Gasteiger partial charge in [0.2, 0.25) is 15.9 Å². The van der Waals surface area contributed by atoms with E-state index in [9.17, 15) is 17.6 Å². The third-order valence-corrected chi connectivity index (χ3v) is 7.80. The Morgan fingerprint density at radius 2 is 1.91 bits per heavy atom. The predicted molar refractivity (Wildman–Crippen MR) is 129 cm³/mol. The molecule has 1 atom stereocenters.